The molecule has 0 spiro atoms. The van der Waals surface area contributed by atoms with Crippen molar-refractivity contribution < 1.29 is 4.79 Å². The molecule has 4 nitrogen and oxygen atoms in total. The second-order valence-corrected chi connectivity index (χ2v) is 7.84. The number of nitrogens with zero attached hydrogens (tertiary/aromatic N) is 3. The second-order valence-electron chi connectivity index (χ2n) is 6.84. The highest BCUT2D eigenvalue weighted by molar-refractivity contribution is 7.10. The Labute approximate surface area is 150 Å². The van der Waals surface area contributed by atoms with Crippen LogP contribution in [0.3, 0.4) is 0 Å². The number of fused-ring (bicyclic) bond motifs is 2. The zero-order valence-electron chi connectivity index (χ0n) is 13.9. The molecule has 1 saturated heterocycles. The maximum absolute atomic E-state index is 12.7. The molecule has 1 aromatic carbocycles. The summed E-state index contributed by atoms with van der Waals surface area (Å²) in [6.45, 7) is 3.76. The first kappa shape index (κ1) is 15.0. The minimum absolute atomic E-state index is 0.0511. The van der Waals surface area contributed by atoms with Gasteiger partial charge in [0.1, 0.15) is 5.69 Å². The first-order valence-electron chi connectivity index (χ1n) is 8.72. The smallest absolute Gasteiger partial charge is 0.272 e. The molecular formula is C20H19N3OS. The van der Waals surface area contributed by atoms with Crippen LogP contribution in [0.15, 0.2) is 47.8 Å². The predicted molar refractivity (Wildman–Crippen MR) is 99.9 cm³/mol. The molecule has 0 atom stereocenters. The Balaban J connectivity index is 1.26. The maximum Gasteiger partial charge on any atom is 0.272 e. The quantitative estimate of drug-likeness (QED) is 0.713. The lowest BCUT2D eigenvalue weighted by atomic mass is 10.0. The summed E-state index contributed by atoms with van der Waals surface area (Å²) < 4.78 is 0. The van der Waals surface area contributed by atoms with Crippen LogP contribution in [0.25, 0.3) is 10.9 Å². The summed E-state index contributed by atoms with van der Waals surface area (Å²) in [4.78, 5) is 23.2. The SMILES string of the molecule is O=C(c1ccc2ccccc2n1)N1CC(N2CCc3sccc3C2)C1. The van der Waals surface area contributed by atoms with Gasteiger partial charge in [-0.3, -0.25) is 9.69 Å². The average molecular weight is 349 g/mol. The molecule has 0 radical (unpaired) electrons. The van der Waals surface area contributed by atoms with Crippen LogP contribution in [0.4, 0.5) is 0 Å². The minimum Gasteiger partial charge on any atom is -0.334 e. The molecular weight excluding hydrogens is 330 g/mol. The van der Waals surface area contributed by atoms with E-state index in [0.29, 0.717) is 11.7 Å². The summed E-state index contributed by atoms with van der Waals surface area (Å²) in [5, 5.41) is 3.26. The van der Waals surface area contributed by atoms with E-state index in [1.54, 1.807) is 0 Å². The van der Waals surface area contributed by atoms with Crippen LogP contribution in [0.1, 0.15) is 20.9 Å². The van der Waals surface area contributed by atoms with E-state index in [1.807, 2.05) is 52.6 Å². The lowest BCUT2D eigenvalue weighted by Crippen LogP contribution is -2.61. The lowest BCUT2D eigenvalue weighted by Gasteiger charge is -2.46. The summed E-state index contributed by atoms with van der Waals surface area (Å²) >= 11 is 1.87. The molecule has 0 unspecified atom stereocenters. The van der Waals surface area contributed by atoms with E-state index in [2.05, 4.69) is 21.3 Å². The Kier molecular flexibility index (Phi) is 3.57. The molecule has 1 amide bonds. The van der Waals surface area contributed by atoms with E-state index >= 15 is 0 Å². The van der Waals surface area contributed by atoms with E-state index in [0.717, 1.165) is 43.5 Å². The normalized spacial score (nSPS) is 18.2. The van der Waals surface area contributed by atoms with Crippen molar-refractivity contribution in [3.05, 3.63) is 64.0 Å². The number of aromatic nitrogens is 1. The largest absolute Gasteiger partial charge is 0.334 e. The van der Waals surface area contributed by atoms with Crippen molar-refractivity contribution in [3.8, 4) is 0 Å². The fourth-order valence-corrected chi connectivity index (χ4v) is 4.67. The first-order chi connectivity index (χ1) is 12.3. The predicted octanol–water partition coefficient (Wildman–Crippen LogP) is 3.18. The van der Waals surface area contributed by atoms with Gasteiger partial charge in [0.15, 0.2) is 0 Å². The number of benzene rings is 1. The van der Waals surface area contributed by atoms with Gasteiger partial charge < -0.3 is 4.90 Å². The van der Waals surface area contributed by atoms with E-state index < -0.39 is 0 Å². The van der Waals surface area contributed by atoms with Crippen molar-refractivity contribution in [2.45, 2.75) is 19.0 Å². The lowest BCUT2D eigenvalue weighted by molar-refractivity contribution is 0.0217. The van der Waals surface area contributed by atoms with Crippen molar-refractivity contribution in [1.82, 2.24) is 14.8 Å². The molecule has 3 aromatic rings. The number of likely N-dealkylation sites (tertiary alicyclic amines) is 1. The summed E-state index contributed by atoms with van der Waals surface area (Å²) in [5.74, 6) is 0.0511. The van der Waals surface area contributed by atoms with Gasteiger partial charge in [-0.15, -0.1) is 11.3 Å². The van der Waals surface area contributed by atoms with Gasteiger partial charge in [-0.1, -0.05) is 24.3 Å². The van der Waals surface area contributed by atoms with Crippen molar-refractivity contribution in [1.29, 1.82) is 0 Å². The van der Waals surface area contributed by atoms with E-state index in [-0.39, 0.29) is 5.91 Å². The number of thiophene rings is 1. The van der Waals surface area contributed by atoms with E-state index in [9.17, 15) is 4.79 Å². The summed E-state index contributed by atoms with van der Waals surface area (Å²) in [7, 11) is 0. The molecule has 4 heterocycles. The van der Waals surface area contributed by atoms with Crippen LogP contribution in [0.5, 0.6) is 0 Å². The highest BCUT2D eigenvalue weighted by Gasteiger charge is 2.36. The van der Waals surface area contributed by atoms with Crippen LogP contribution in [0.2, 0.25) is 0 Å². The Morgan fingerprint density at radius 2 is 2.00 bits per heavy atom. The van der Waals surface area contributed by atoms with Gasteiger partial charge >= 0.3 is 0 Å². The molecule has 0 bridgehead atoms. The third-order valence-corrected chi connectivity index (χ3v) is 6.34. The molecule has 2 aliphatic heterocycles. The van der Waals surface area contributed by atoms with Crippen molar-refractivity contribution >= 4 is 28.1 Å². The number of hydrogen-bond donors (Lipinski definition) is 0. The van der Waals surface area contributed by atoms with Crippen LogP contribution >= 0.6 is 11.3 Å². The third-order valence-electron chi connectivity index (χ3n) is 5.32. The second kappa shape index (κ2) is 5.93. The van der Waals surface area contributed by atoms with Crippen LogP contribution < -0.4 is 0 Å². The van der Waals surface area contributed by atoms with Gasteiger partial charge in [-0.05, 0) is 35.6 Å². The first-order valence-corrected chi connectivity index (χ1v) is 9.60. The maximum atomic E-state index is 12.7. The Morgan fingerprint density at radius 3 is 2.92 bits per heavy atom. The molecule has 1 fully saturated rings. The molecule has 0 N–H and O–H groups in total. The van der Waals surface area contributed by atoms with Crippen molar-refractivity contribution in [3.63, 3.8) is 0 Å². The fraction of sp³-hybridized carbons (Fsp3) is 0.300. The molecule has 25 heavy (non-hydrogen) atoms. The van der Waals surface area contributed by atoms with Gasteiger partial charge in [0.2, 0.25) is 0 Å². The van der Waals surface area contributed by atoms with Crippen molar-refractivity contribution in [2.75, 3.05) is 19.6 Å². The summed E-state index contributed by atoms with van der Waals surface area (Å²) in [5.41, 5.74) is 2.90. The van der Waals surface area contributed by atoms with E-state index in [1.165, 1.54) is 10.4 Å². The topological polar surface area (TPSA) is 36.4 Å². The number of amides is 1. The molecule has 2 aliphatic rings. The van der Waals surface area contributed by atoms with E-state index in [4.69, 9.17) is 0 Å². The number of rotatable bonds is 2. The number of pyridine rings is 1. The molecule has 126 valence electrons. The average Bonchev–Trinajstić information content (AvgIpc) is 3.08. The molecule has 2 aromatic heterocycles. The monoisotopic (exact) mass is 349 g/mol. The Hall–Kier alpha value is -2.24. The van der Waals surface area contributed by atoms with Crippen LogP contribution in [-0.4, -0.2) is 46.4 Å². The standard InChI is InChI=1S/C20H19N3OS/c24-20(18-6-5-14-3-1-2-4-17(14)21-18)23-12-16(13-23)22-9-7-19-15(11-22)8-10-25-19/h1-6,8,10,16H,7,9,11-13H2. The highest BCUT2D eigenvalue weighted by Crippen LogP contribution is 2.28. The molecule has 0 aliphatic carbocycles. The minimum atomic E-state index is 0.0511. The Morgan fingerprint density at radius 1 is 1.12 bits per heavy atom. The van der Waals surface area contributed by atoms with Crippen LogP contribution in [0, 0.1) is 0 Å². The zero-order chi connectivity index (χ0) is 16.8. The zero-order valence-corrected chi connectivity index (χ0v) is 14.7. The van der Waals surface area contributed by atoms with Gasteiger partial charge in [0, 0.05) is 42.5 Å². The number of para-hydroxylation sites is 1. The van der Waals surface area contributed by atoms with Crippen molar-refractivity contribution in [2.24, 2.45) is 0 Å². The summed E-state index contributed by atoms with van der Waals surface area (Å²) in [6.07, 6.45) is 1.14. The fourth-order valence-electron chi connectivity index (χ4n) is 3.78. The number of hydrogen-bond acceptors (Lipinski definition) is 4. The molecule has 5 rings (SSSR count). The number of carbonyl (C=O) groups is 1. The van der Waals surface area contributed by atoms with Gasteiger partial charge in [-0.25, -0.2) is 4.98 Å². The van der Waals surface area contributed by atoms with Crippen LogP contribution in [-0.2, 0) is 13.0 Å². The number of carbonyl (C=O) groups excluding carboxylic acids is 1. The molecule has 5 heteroatoms. The summed E-state index contributed by atoms with van der Waals surface area (Å²) in [6, 6.07) is 14.5. The van der Waals surface area contributed by atoms with Gasteiger partial charge in [0.05, 0.1) is 5.52 Å². The van der Waals surface area contributed by atoms with Gasteiger partial charge in [-0.2, -0.15) is 0 Å². The Bertz CT molecular complexity index is 945. The molecule has 0 saturated carbocycles. The highest BCUT2D eigenvalue weighted by atomic mass is 32.1. The van der Waals surface area contributed by atoms with Gasteiger partial charge in [0.25, 0.3) is 5.91 Å². The third kappa shape index (κ3) is 2.64.